The van der Waals surface area contributed by atoms with Crippen LogP contribution in [-0.2, 0) is 9.53 Å². The van der Waals surface area contributed by atoms with E-state index in [-0.39, 0.29) is 5.97 Å². The van der Waals surface area contributed by atoms with Gasteiger partial charge in [0.1, 0.15) is 5.71 Å². The third-order valence-corrected chi connectivity index (χ3v) is 1.31. The minimum Gasteiger partial charge on any atom is -0.461 e. The summed E-state index contributed by atoms with van der Waals surface area (Å²) in [5, 5.41) is 0. The Morgan fingerprint density at radius 3 is 2.50 bits per heavy atom. The molecule has 0 amide bonds. The third-order valence-electron chi connectivity index (χ3n) is 1.31. The van der Waals surface area contributed by atoms with Crippen LogP contribution in [0.2, 0.25) is 0 Å². The number of aliphatic imine (C=N–C) groups is 1. The molecule has 0 aromatic carbocycles. The van der Waals surface area contributed by atoms with Gasteiger partial charge in [-0.2, -0.15) is 0 Å². The standard InChI is InChI=1S/C9H17NO2/c1-4-6-10-8(3)9(11)12-7-5-2/h4-7H2,1-3H3. The fourth-order valence-electron chi connectivity index (χ4n) is 0.643. The minimum atomic E-state index is -0.287. The van der Waals surface area contributed by atoms with E-state index in [1.165, 1.54) is 0 Å². The Morgan fingerprint density at radius 2 is 2.00 bits per heavy atom. The summed E-state index contributed by atoms with van der Waals surface area (Å²) in [5.74, 6) is -0.287. The van der Waals surface area contributed by atoms with E-state index in [1.807, 2.05) is 13.8 Å². The van der Waals surface area contributed by atoms with Crippen LogP contribution >= 0.6 is 0 Å². The fourth-order valence-corrected chi connectivity index (χ4v) is 0.643. The molecule has 0 aromatic heterocycles. The van der Waals surface area contributed by atoms with Gasteiger partial charge in [-0.05, 0) is 19.8 Å². The summed E-state index contributed by atoms with van der Waals surface area (Å²) in [4.78, 5) is 15.1. The molecule has 12 heavy (non-hydrogen) atoms. The first-order chi connectivity index (χ1) is 5.72. The highest BCUT2D eigenvalue weighted by atomic mass is 16.5. The molecular formula is C9H17NO2. The van der Waals surface area contributed by atoms with Crippen LogP contribution in [0.3, 0.4) is 0 Å². The van der Waals surface area contributed by atoms with Crippen molar-refractivity contribution in [3.8, 4) is 0 Å². The zero-order valence-corrected chi connectivity index (χ0v) is 8.09. The first-order valence-corrected chi connectivity index (χ1v) is 4.40. The van der Waals surface area contributed by atoms with Crippen LogP contribution < -0.4 is 0 Å². The van der Waals surface area contributed by atoms with Crippen molar-refractivity contribution in [2.75, 3.05) is 13.2 Å². The Morgan fingerprint density at radius 1 is 1.33 bits per heavy atom. The van der Waals surface area contributed by atoms with Crippen molar-refractivity contribution in [3.05, 3.63) is 0 Å². The summed E-state index contributed by atoms with van der Waals surface area (Å²) in [6, 6.07) is 0. The number of nitrogens with zero attached hydrogens (tertiary/aromatic N) is 1. The number of hydrogen-bond acceptors (Lipinski definition) is 3. The van der Waals surface area contributed by atoms with Crippen molar-refractivity contribution in [1.29, 1.82) is 0 Å². The van der Waals surface area contributed by atoms with Gasteiger partial charge in [0.25, 0.3) is 0 Å². The van der Waals surface area contributed by atoms with Gasteiger partial charge in [0.15, 0.2) is 0 Å². The lowest BCUT2D eigenvalue weighted by Crippen LogP contribution is -2.15. The summed E-state index contributed by atoms with van der Waals surface area (Å²) in [5.41, 5.74) is 0.477. The molecule has 0 radical (unpaired) electrons. The predicted octanol–water partition coefficient (Wildman–Crippen LogP) is 1.81. The molecule has 0 fully saturated rings. The van der Waals surface area contributed by atoms with Crippen molar-refractivity contribution in [2.24, 2.45) is 4.99 Å². The van der Waals surface area contributed by atoms with Crippen molar-refractivity contribution in [3.63, 3.8) is 0 Å². The van der Waals surface area contributed by atoms with Crippen LogP contribution in [0.25, 0.3) is 0 Å². The van der Waals surface area contributed by atoms with Gasteiger partial charge in [0.05, 0.1) is 6.61 Å². The van der Waals surface area contributed by atoms with E-state index in [1.54, 1.807) is 6.92 Å². The van der Waals surface area contributed by atoms with Crippen molar-refractivity contribution in [2.45, 2.75) is 33.6 Å². The zero-order chi connectivity index (χ0) is 9.40. The van der Waals surface area contributed by atoms with Gasteiger partial charge in [0, 0.05) is 6.54 Å². The number of ether oxygens (including phenoxy) is 1. The average Bonchev–Trinajstić information content (AvgIpc) is 2.10. The molecule has 0 aromatic rings. The van der Waals surface area contributed by atoms with E-state index in [0.29, 0.717) is 18.9 Å². The van der Waals surface area contributed by atoms with E-state index in [4.69, 9.17) is 4.74 Å². The van der Waals surface area contributed by atoms with Crippen LogP contribution in [-0.4, -0.2) is 24.8 Å². The summed E-state index contributed by atoms with van der Waals surface area (Å²) in [6.07, 6.45) is 1.81. The fraction of sp³-hybridized carbons (Fsp3) is 0.778. The maximum Gasteiger partial charge on any atom is 0.351 e. The van der Waals surface area contributed by atoms with Gasteiger partial charge in [-0.3, -0.25) is 4.99 Å². The van der Waals surface area contributed by atoms with Gasteiger partial charge >= 0.3 is 5.97 Å². The third kappa shape index (κ3) is 4.88. The zero-order valence-electron chi connectivity index (χ0n) is 8.09. The van der Waals surface area contributed by atoms with E-state index in [2.05, 4.69) is 4.99 Å². The maximum atomic E-state index is 11.1. The largest absolute Gasteiger partial charge is 0.461 e. The predicted molar refractivity (Wildman–Crippen MR) is 49.5 cm³/mol. The van der Waals surface area contributed by atoms with E-state index in [0.717, 1.165) is 12.8 Å². The maximum absolute atomic E-state index is 11.1. The summed E-state index contributed by atoms with van der Waals surface area (Å²) < 4.78 is 4.88. The average molecular weight is 171 g/mol. The molecule has 0 heterocycles. The second kappa shape index (κ2) is 6.83. The normalized spacial score (nSPS) is 11.4. The number of esters is 1. The highest BCUT2D eigenvalue weighted by molar-refractivity contribution is 6.35. The molecule has 0 rings (SSSR count). The molecule has 0 bridgehead atoms. The van der Waals surface area contributed by atoms with Gasteiger partial charge in [0.2, 0.25) is 0 Å². The second-order valence-electron chi connectivity index (χ2n) is 2.60. The smallest absolute Gasteiger partial charge is 0.351 e. The van der Waals surface area contributed by atoms with E-state index in [9.17, 15) is 4.79 Å². The number of rotatable bonds is 5. The molecule has 0 N–H and O–H groups in total. The molecule has 0 saturated carbocycles. The molecule has 0 aliphatic rings. The Hall–Kier alpha value is -0.860. The molecule has 3 nitrogen and oxygen atoms in total. The van der Waals surface area contributed by atoms with Gasteiger partial charge in [-0.25, -0.2) is 4.79 Å². The lowest BCUT2D eigenvalue weighted by Gasteiger charge is -2.01. The van der Waals surface area contributed by atoms with Crippen molar-refractivity contribution >= 4 is 11.7 Å². The Labute approximate surface area is 73.8 Å². The Balaban J connectivity index is 3.75. The summed E-state index contributed by atoms with van der Waals surface area (Å²) >= 11 is 0. The molecule has 3 heteroatoms. The van der Waals surface area contributed by atoms with Crippen LogP contribution in [0.15, 0.2) is 4.99 Å². The minimum absolute atomic E-state index is 0.287. The molecule has 0 aliphatic carbocycles. The molecule has 0 unspecified atom stereocenters. The van der Waals surface area contributed by atoms with E-state index >= 15 is 0 Å². The molecule has 70 valence electrons. The lowest BCUT2D eigenvalue weighted by atomic mass is 10.4. The molecule has 0 aliphatic heterocycles. The van der Waals surface area contributed by atoms with Gasteiger partial charge in [-0.1, -0.05) is 13.8 Å². The topological polar surface area (TPSA) is 38.7 Å². The first-order valence-electron chi connectivity index (χ1n) is 4.40. The van der Waals surface area contributed by atoms with Crippen molar-refractivity contribution in [1.82, 2.24) is 0 Å². The molecule has 0 atom stereocenters. The van der Waals surface area contributed by atoms with Crippen LogP contribution in [0.4, 0.5) is 0 Å². The van der Waals surface area contributed by atoms with Crippen LogP contribution in [0.5, 0.6) is 0 Å². The number of carbonyl (C=O) groups is 1. The molecule has 0 spiro atoms. The second-order valence-corrected chi connectivity index (χ2v) is 2.60. The Kier molecular flexibility index (Phi) is 6.34. The quantitative estimate of drug-likeness (QED) is 0.467. The van der Waals surface area contributed by atoms with Gasteiger partial charge < -0.3 is 4.74 Å². The first kappa shape index (κ1) is 11.1. The van der Waals surface area contributed by atoms with Gasteiger partial charge in [-0.15, -0.1) is 0 Å². The Bertz CT molecular complexity index is 164. The monoisotopic (exact) mass is 171 g/mol. The lowest BCUT2D eigenvalue weighted by molar-refractivity contribution is -0.135. The number of hydrogen-bond donors (Lipinski definition) is 0. The molecule has 0 saturated heterocycles. The number of carbonyl (C=O) groups excluding carboxylic acids is 1. The summed E-state index contributed by atoms with van der Waals surface area (Å²) in [6.45, 7) is 6.86. The highest BCUT2D eigenvalue weighted by Gasteiger charge is 2.04. The highest BCUT2D eigenvalue weighted by Crippen LogP contribution is 1.88. The molecular weight excluding hydrogens is 154 g/mol. The van der Waals surface area contributed by atoms with Crippen molar-refractivity contribution < 1.29 is 9.53 Å². The summed E-state index contributed by atoms with van der Waals surface area (Å²) in [7, 11) is 0. The van der Waals surface area contributed by atoms with Crippen LogP contribution in [0, 0.1) is 0 Å². The SMILES string of the molecule is CCCN=C(C)C(=O)OCCC. The van der Waals surface area contributed by atoms with E-state index < -0.39 is 0 Å². The van der Waals surface area contributed by atoms with Crippen LogP contribution in [0.1, 0.15) is 33.6 Å².